The summed E-state index contributed by atoms with van der Waals surface area (Å²) in [5, 5.41) is 5.37. The van der Waals surface area contributed by atoms with E-state index < -0.39 is 0 Å². The Hall–Kier alpha value is -2.89. The summed E-state index contributed by atoms with van der Waals surface area (Å²) < 4.78 is 7.22. The van der Waals surface area contributed by atoms with E-state index in [1.165, 1.54) is 5.56 Å². The molecule has 0 aliphatic carbocycles. The SMILES string of the molecule is COc1nn(C)c2nc(C)c(CCC(=O)N3CCCC3CCc3ccccc3)c(C)c12. The molecule has 2 aromatic heterocycles. The third-order valence-corrected chi connectivity index (χ3v) is 6.61. The highest BCUT2D eigenvalue weighted by Crippen LogP contribution is 2.31. The van der Waals surface area contributed by atoms with Crippen LogP contribution in [0.15, 0.2) is 30.3 Å². The lowest BCUT2D eigenvalue weighted by Crippen LogP contribution is -2.36. The molecule has 6 nitrogen and oxygen atoms in total. The van der Waals surface area contributed by atoms with Crippen molar-refractivity contribution in [1.29, 1.82) is 0 Å². The number of aromatic nitrogens is 3. The van der Waals surface area contributed by atoms with Gasteiger partial charge in [-0.25, -0.2) is 9.67 Å². The molecule has 1 amide bonds. The van der Waals surface area contributed by atoms with Gasteiger partial charge < -0.3 is 9.64 Å². The summed E-state index contributed by atoms with van der Waals surface area (Å²) in [5.74, 6) is 0.850. The van der Waals surface area contributed by atoms with Gasteiger partial charge in [-0.15, -0.1) is 5.10 Å². The highest BCUT2D eigenvalue weighted by molar-refractivity contribution is 5.86. The fraction of sp³-hybridized carbons (Fsp3) is 0.480. The van der Waals surface area contributed by atoms with E-state index in [-0.39, 0.29) is 5.91 Å². The first-order chi connectivity index (χ1) is 15.0. The number of amides is 1. The first-order valence-electron chi connectivity index (χ1n) is 11.2. The number of hydrogen-bond acceptors (Lipinski definition) is 4. The number of methoxy groups -OCH3 is 1. The number of carbonyl (C=O) groups is 1. The number of carbonyl (C=O) groups excluding carboxylic acids is 1. The summed E-state index contributed by atoms with van der Waals surface area (Å²) in [6.45, 7) is 4.98. The highest BCUT2D eigenvalue weighted by atomic mass is 16.5. The van der Waals surface area contributed by atoms with E-state index >= 15 is 0 Å². The molecule has 1 aliphatic rings. The second-order valence-corrected chi connectivity index (χ2v) is 8.54. The molecule has 1 unspecified atom stereocenters. The van der Waals surface area contributed by atoms with Crippen LogP contribution in [0.1, 0.15) is 48.1 Å². The zero-order valence-electron chi connectivity index (χ0n) is 19.0. The van der Waals surface area contributed by atoms with E-state index in [0.29, 0.717) is 24.8 Å². The van der Waals surface area contributed by atoms with Gasteiger partial charge in [0.1, 0.15) is 0 Å². The molecule has 0 spiro atoms. The van der Waals surface area contributed by atoms with Gasteiger partial charge in [0.2, 0.25) is 11.8 Å². The maximum atomic E-state index is 13.1. The van der Waals surface area contributed by atoms with Crippen molar-refractivity contribution in [3.05, 3.63) is 52.7 Å². The second-order valence-electron chi connectivity index (χ2n) is 8.54. The van der Waals surface area contributed by atoms with E-state index in [4.69, 9.17) is 9.72 Å². The second kappa shape index (κ2) is 9.08. The number of nitrogens with zero attached hydrogens (tertiary/aromatic N) is 4. The van der Waals surface area contributed by atoms with Crippen molar-refractivity contribution in [2.75, 3.05) is 13.7 Å². The van der Waals surface area contributed by atoms with Crippen LogP contribution in [0.2, 0.25) is 0 Å². The van der Waals surface area contributed by atoms with Crippen LogP contribution in [0.5, 0.6) is 5.88 Å². The van der Waals surface area contributed by atoms with E-state index in [1.807, 2.05) is 20.0 Å². The Morgan fingerprint density at radius 3 is 2.71 bits per heavy atom. The van der Waals surface area contributed by atoms with Crippen molar-refractivity contribution in [2.24, 2.45) is 7.05 Å². The summed E-state index contributed by atoms with van der Waals surface area (Å²) in [5.41, 5.74) is 5.38. The standard InChI is InChI=1S/C25H32N4O2/c1-17-21(18(2)26-24-23(17)25(31-4)27-28(24)3)14-15-22(30)29-16-8-11-20(29)13-12-19-9-6-5-7-10-19/h5-7,9-10,20H,8,11-16H2,1-4H3. The van der Waals surface area contributed by atoms with E-state index in [2.05, 4.69) is 41.2 Å². The van der Waals surface area contributed by atoms with Crippen LogP contribution in [0.25, 0.3) is 11.0 Å². The largest absolute Gasteiger partial charge is 0.479 e. The molecular formula is C25H32N4O2. The van der Waals surface area contributed by atoms with Crippen LogP contribution in [0.4, 0.5) is 0 Å². The third kappa shape index (κ3) is 4.29. The van der Waals surface area contributed by atoms with Crippen LogP contribution in [-0.2, 0) is 24.7 Å². The molecule has 0 radical (unpaired) electrons. The summed E-state index contributed by atoms with van der Waals surface area (Å²) >= 11 is 0. The molecule has 1 aromatic carbocycles. The smallest absolute Gasteiger partial charge is 0.242 e. The average molecular weight is 421 g/mol. The molecule has 1 saturated heterocycles. The summed E-state index contributed by atoms with van der Waals surface area (Å²) in [7, 11) is 3.51. The van der Waals surface area contributed by atoms with Crippen molar-refractivity contribution in [2.45, 2.75) is 58.4 Å². The van der Waals surface area contributed by atoms with Crippen molar-refractivity contribution in [1.82, 2.24) is 19.7 Å². The Morgan fingerprint density at radius 2 is 1.97 bits per heavy atom. The van der Waals surface area contributed by atoms with Gasteiger partial charge >= 0.3 is 0 Å². The number of likely N-dealkylation sites (tertiary alicyclic amines) is 1. The Bertz CT molecular complexity index is 1070. The summed E-state index contributed by atoms with van der Waals surface area (Å²) in [6, 6.07) is 10.9. The zero-order chi connectivity index (χ0) is 22.0. The number of aryl methyl sites for hydroxylation is 4. The molecule has 3 aromatic rings. The zero-order valence-corrected chi connectivity index (χ0v) is 19.0. The van der Waals surface area contributed by atoms with E-state index in [0.717, 1.165) is 60.1 Å². The van der Waals surface area contributed by atoms with E-state index in [1.54, 1.807) is 11.8 Å². The topological polar surface area (TPSA) is 60.2 Å². The molecule has 3 heterocycles. The predicted octanol–water partition coefficient (Wildman–Crippen LogP) is 4.15. The maximum absolute atomic E-state index is 13.1. The van der Waals surface area contributed by atoms with Gasteiger partial charge in [0, 0.05) is 31.7 Å². The number of benzene rings is 1. The van der Waals surface area contributed by atoms with Crippen molar-refractivity contribution in [3.63, 3.8) is 0 Å². The summed E-state index contributed by atoms with van der Waals surface area (Å²) in [6.07, 6.45) is 5.47. The van der Waals surface area contributed by atoms with Gasteiger partial charge in [0.25, 0.3) is 0 Å². The quantitative estimate of drug-likeness (QED) is 0.576. The van der Waals surface area contributed by atoms with Crippen LogP contribution in [0.3, 0.4) is 0 Å². The third-order valence-electron chi connectivity index (χ3n) is 6.61. The maximum Gasteiger partial charge on any atom is 0.242 e. The van der Waals surface area contributed by atoms with Crippen LogP contribution in [0, 0.1) is 13.8 Å². The highest BCUT2D eigenvalue weighted by Gasteiger charge is 2.28. The molecule has 6 heteroatoms. The number of ether oxygens (including phenoxy) is 1. The minimum Gasteiger partial charge on any atom is -0.479 e. The lowest BCUT2D eigenvalue weighted by atomic mass is 9.99. The molecule has 1 fully saturated rings. The molecule has 164 valence electrons. The average Bonchev–Trinajstić information content (AvgIpc) is 3.37. The fourth-order valence-electron chi connectivity index (χ4n) is 4.92. The number of hydrogen-bond donors (Lipinski definition) is 0. The molecule has 4 rings (SSSR count). The van der Waals surface area contributed by atoms with Gasteiger partial charge in [0.15, 0.2) is 5.65 Å². The number of fused-ring (bicyclic) bond motifs is 1. The molecule has 0 saturated carbocycles. The Morgan fingerprint density at radius 1 is 1.19 bits per heavy atom. The van der Waals surface area contributed by atoms with Gasteiger partial charge in [0.05, 0.1) is 12.5 Å². The van der Waals surface area contributed by atoms with Gasteiger partial charge in [-0.3, -0.25) is 4.79 Å². The Labute approximate surface area is 184 Å². The minimum atomic E-state index is 0.257. The molecular weight excluding hydrogens is 388 g/mol. The molecule has 0 bridgehead atoms. The molecule has 31 heavy (non-hydrogen) atoms. The van der Waals surface area contributed by atoms with Crippen molar-refractivity contribution >= 4 is 16.9 Å². The van der Waals surface area contributed by atoms with Crippen LogP contribution in [-0.4, -0.2) is 45.3 Å². The fourth-order valence-corrected chi connectivity index (χ4v) is 4.92. The van der Waals surface area contributed by atoms with Gasteiger partial charge in [-0.05, 0) is 62.6 Å². The molecule has 1 aliphatic heterocycles. The lowest BCUT2D eigenvalue weighted by Gasteiger charge is -2.25. The van der Waals surface area contributed by atoms with Gasteiger partial charge in [-0.1, -0.05) is 30.3 Å². The predicted molar refractivity (Wildman–Crippen MR) is 122 cm³/mol. The summed E-state index contributed by atoms with van der Waals surface area (Å²) in [4.78, 5) is 20.0. The van der Waals surface area contributed by atoms with Crippen LogP contribution >= 0.6 is 0 Å². The van der Waals surface area contributed by atoms with Crippen molar-refractivity contribution < 1.29 is 9.53 Å². The first-order valence-corrected chi connectivity index (χ1v) is 11.2. The normalized spacial score (nSPS) is 16.3. The van der Waals surface area contributed by atoms with Crippen LogP contribution < -0.4 is 4.74 Å². The Balaban J connectivity index is 1.45. The van der Waals surface area contributed by atoms with E-state index in [9.17, 15) is 4.79 Å². The molecule has 1 atom stereocenters. The van der Waals surface area contributed by atoms with Crippen molar-refractivity contribution in [3.8, 4) is 5.88 Å². The monoisotopic (exact) mass is 420 g/mol. The lowest BCUT2D eigenvalue weighted by molar-refractivity contribution is -0.132. The first kappa shape index (κ1) is 21.3. The number of rotatable bonds is 7. The minimum absolute atomic E-state index is 0.257. The Kier molecular flexibility index (Phi) is 6.25. The number of pyridine rings is 1. The molecule has 0 N–H and O–H groups in total. The van der Waals surface area contributed by atoms with Gasteiger partial charge in [-0.2, -0.15) is 0 Å².